The zero-order valence-electron chi connectivity index (χ0n) is 18.3. The summed E-state index contributed by atoms with van der Waals surface area (Å²) in [5, 5.41) is 4.61. The van der Waals surface area contributed by atoms with Gasteiger partial charge >= 0.3 is 0 Å². The molecule has 8 heteroatoms. The molecule has 0 unspecified atom stereocenters. The average molecular weight is 463 g/mol. The fourth-order valence-corrected chi connectivity index (χ4v) is 5.83. The van der Waals surface area contributed by atoms with Crippen LogP contribution in [-0.4, -0.2) is 32.7 Å². The molecule has 1 spiro atoms. The van der Waals surface area contributed by atoms with E-state index in [4.69, 9.17) is 22.3 Å². The Hall–Kier alpha value is -3.03. The predicted octanol–water partition coefficient (Wildman–Crippen LogP) is 4.73. The van der Waals surface area contributed by atoms with Gasteiger partial charge in [0.05, 0.1) is 34.3 Å². The third-order valence-electron chi connectivity index (χ3n) is 7.39. The SMILES string of the molecule is Cc1nc(N2CCC3(CC2)Cc2cccnc2[C@H]3N)c2ccnn2c1-c1cccc(F)c1Cl. The lowest BCUT2D eigenvalue weighted by molar-refractivity contribution is 0.186. The van der Waals surface area contributed by atoms with Gasteiger partial charge in [-0.05, 0) is 55.4 Å². The molecule has 1 fully saturated rings. The number of piperidine rings is 1. The molecule has 0 amide bonds. The summed E-state index contributed by atoms with van der Waals surface area (Å²) < 4.78 is 16.0. The molecule has 0 saturated carbocycles. The summed E-state index contributed by atoms with van der Waals surface area (Å²) in [6, 6.07) is 10.9. The maximum Gasteiger partial charge on any atom is 0.155 e. The van der Waals surface area contributed by atoms with E-state index in [1.807, 2.05) is 29.8 Å². The molecule has 1 aliphatic carbocycles. The number of fused-ring (bicyclic) bond motifs is 2. The average Bonchev–Trinajstić information content (AvgIpc) is 3.40. The maximum absolute atomic E-state index is 14.2. The van der Waals surface area contributed by atoms with Gasteiger partial charge in [-0.1, -0.05) is 29.8 Å². The molecule has 2 N–H and O–H groups in total. The van der Waals surface area contributed by atoms with Gasteiger partial charge in [0, 0.05) is 24.8 Å². The highest BCUT2D eigenvalue weighted by Gasteiger charge is 2.47. The number of aromatic nitrogens is 4. The summed E-state index contributed by atoms with van der Waals surface area (Å²) in [4.78, 5) is 11.8. The summed E-state index contributed by atoms with van der Waals surface area (Å²) in [5.74, 6) is 0.431. The van der Waals surface area contributed by atoms with Crippen LogP contribution in [0.25, 0.3) is 16.8 Å². The van der Waals surface area contributed by atoms with Crippen LogP contribution in [0.1, 0.15) is 35.8 Å². The van der Waals surface area contributed by atoms with E-state index < -0.39 is 5.82 Å². The largest absolute Gasteiger partial charge is 0.355 e. The second-order valence-corrected chi connectivity index (χ2v) is 9.53. The Morgan fingerprint density at radius 1 is 1.12 bits per heavy atom. The highest BCUT2D eigenvalue weighted by molar-refractivity contribution is 6.33. The van der Waals surface area contributed by atoms with Crippen molar-refractivity contribution in [2.24, 2.45) is 11.1 Å². The van der Waals surface area contributed by atoms with Crippen molar-refractivity contribution in [3.8, 4) is 11.3 Å². The van der Waals surface area contributed by atoms with Crippen molar-refractivity contribution < 1.29 is 4.39 Å². The molecular formula is C25H24ClFN6. The number of rotatable bonds is 2. The molecule has 4 aromatic rings. The zero-order valence-corrected chi connectivity index (χ0v) is 19.1. The normalized spacial score (nSPS) is 19.4. The summed E-state index contributed by atoms with van der Waals surface area (Å²) in [6.45, 7) is 3.63. The van der Waals surface area contributed by atoms with Crippen LogP contribution in [0.3, 0.4) is 0 Å². The lowest BCUT2D eigenvalue weighted by Gasteiger charge is -2.42. The molecule has 2 aliphatic rings. The number of nitrogens with zero attached hydrogens (tertiary/aromatic N) is 5. The molecule has 3 aromatic heterocycles. The second kappa shape index (κ2) is 7.50. The van der Waals surface area contributed by atoms with Crippen LogP contribution in [0.2, 0.25) is 5.02 Å². The van der Waals surface area contributed by atoms with Crippen molar-refractivity contribution >= 4 is 22.9 Å². The number of benzene rings is 1. The van der Waals surface area contributed by atoms with Crippen LogP contribution >= 0.6 is 11.6 Å². The van der Waals surface area contributed by atoms with Gasteiger partial charge in [-0.3, -0.25) is 4.98 Å². The van der Waals surface area contributed by atoms with Crippen LogP contribution in [0.4, 0.5) is 10.2 Å². The number of nitrogens with two attached hydrogens (primary N) is 1. The summed E-state index contributed by atoms with van der Waals surface area (Å²) >= 11 is 6.31. The summed E-state index contributed by atoms with van der Waals surface area (Å²) in [7, 11) is 0. The van der Waals surface area contributed by atoms with E-state index >= 15 is 0 Å². The quantitative estimate of drug-likeness (QED) is 0.466. The van der Waals surface area contributed by atoms with Crippen LogP contribution < -0.4 is 10.6 Å². The Kier molecular flexibility index (Phi) is 4.67. The molecule has 1 aromatic carbocycles. The first-order valence-electron chi connectivity index (χ1n) is 11.2. The summed E-state index contributed by atoms with van der Waals surface area (Å²) in [6.07, 6.45) is 6.52. The van der Waals surface area contributed by atoms with E-state index in [0.29, 0.717) is 11.3 Å². The van der Waals surface area contributed by atoms with Gasteiger partial charge in [0.1, 0.15) is 11.3 Å². The van der Waals surface area contributed by atoms with Crippen molar-refractivity contribution in [2.45, 2.75) is 32.2 Å². The standard InChI is InChI=1S/C25H24ClFN6/c1-15-22(17-5-2-6-18(27)20(17)26)33-19(7-11-30-33)24(31-15)32-12-8-25(9-13-32)14-16-4-3-10-29-21(16)23(25)28/h2-7,10-11,23H,8-9,12-14,28H2,1H3/t23-/m1/s1. The van der Waals surface area contributed by atoms with Crippen molar-refractivity contribution in [1.82, 2.24) is 19.6 Å². The van der Waals surface area contributed by atoms with Gasteiger partial charge in [-0.15, -0.1) is 0 Å². The van der Waals surface area contributed by atoms with Crippen LogP contribution in [0, 0.1) is 18.2 Å². The molecule has 168 valence electrons. The Labute approximate surface area is 196 Å². The minimum atomic E-state index is -0.456. The van der Waals surface area contributed by atoms with Gasteiger partial charge < -0.3 is 10.6 Å². The highest BCUT2D eigenvalue weighted by atomic mass is 35.5. The highest BCUT2D eigenvalue weighted by Crippen LogP contribution is 2.50. The summed E-state index contributed by atoms with van der Waals surface area (Å²) in [5.41, 5.74) is 12.0. The first-order valence-corrected chi connectivity index (χ1v) is 11.6. The van der Waals surface area contributed by atoms with Crippen molar-refractivity contribution in [2.75, 3.05) is 18.0 Å². The van der Waals surface area contributed by atoms with Crippen LogP contribution in [0.15, 0.2) is 48.8 Å². The minimum Gasteiger partial charge on any atom is -0.355 e. The van der Waals surface area contributed by atoms with Gasteiger partial charge in [-0.25, -0.2) is 13.9 Å². The van der Waals surface area contributed by atoms with Gasteiger partial charge in [-0.2, -0.15) is 5.10 Å². The first kappa shape index (κ1) is 20.6. The Morgan fingerprint density at radius 2 is 1.94 bits per heavy atom. The van der Waals surface area contributed by atoms with Crippen molar-refractivity contribution in [3.05, 3.63) is 76.6 Å². The molecule has 1 saturated heterocycles. The lowest BCUT2D eigenvalue weighted by atomic mass is 9.73. The lowest BCUT2D eigenvalue weighted by Crippen LogP contribution is -2.45. The maximum atomic E-state index is 14.2. The number of halogens is 2. The topological polar surface area (TPSA) is 72.3 Å². The number of anilines is 1. The Morgan fingerprint density at radius 3 is 2.73 bits per heavy atom. The molecule has 33 heavy (non-hydrogen) atoms. The molecule has 0 bridgehead atoms. The molecule has 0 radical (unpaired) electrons. The monoisotopic (exact) mass is 462 g/mol. The molecule has 4 heterocycles. The van der Waals surface area contributed by atoms with Crippen molar-refractivity contribution in [1.29, 1.82) is 0 Å². The van der Waals surface area contributed by atoms with Crippen LogP contribution in [0.5, 0.6) is 0 Å². The Bertz CT molecular complexity index is 1370. The van der Waals surface area contributed by atoms with Gasteiger partial charge in [0.2, 0.25) is 0 Å². The number of hydrogen-bond acceptors (Lipinski definition) is 5. The minimum absolute atomic E-state index is 0.0296. The zero-order chi connectivity index (χ0) is 22.7. The molecule has 6 nitrogen and oxygen atoms in total. The van der Waals surface area contributed by atoms with E-state index in [1.165, 1.54) is 11.6 Å². The van der Waals surface area contributed by atoms with Gasteiger partial charge in [0.15, 0.2) is 5.82 Å². The smallest absolute Gasteiger partial charge is 0.155 e. The van der Waals surface area contributed by atoms with Gasteiger partial charge in [0.25, 0.3) is 0 Å². The van der Waals surface area contributed by atoms with E-state index in [0.717, 1.165) is 55.1 Å². The second-order valence-electron chi connectivity index (χ2n) is 9.15. The fraction of sp³-hybridized carbons (Fsp3) is 0.320. The molecule has 6 rings (SSSR count). The molecular weight excluding hydrogens is 439 g/mol. The fourth-order valence-electron chi connectivity index (χ4n) is 5.61. The molecule has 1 atom stereocenters. The van der Waals surface area contributed by atoms with E-state index in [2.05, 4.69) is 21.0 Å². The van der Waals surface area contributed by atoms with Crippen LogP contribution in [-0.2, 0) is 6.42 Å². The molecule has 1 aliphatic heterocycles. The third-order valence-corrected chi connectivity index (χ3v) is 7.77. The third kappa shape index (κ3) is 3.06. The Balaban J connectivity index is 1.34. The number of hydrogen-bond donors (Lipinski definition) is 1. The van der Waals surface area contributed by atoms with E-state index in [-0.39, 0.29) is 16.5 Å². The van der Waals surface area contributed by atoms with Crippen molar-refractivity contribution in [3.63, 3.8) is 0 Å². The van der Waals surface area contributed by atoms with E-state index in [9.17, 15) is 4.39 Å². The number of aryl methyl sites for hydroxylation is 1. The first-order chi connectivity index (χ1) is 16.0. The predicted molar refractivity (Wildman–Crippen MR) is 127 cm³/mol. The number of pyridine rings is 1. The van der Waals surface area contributed by atoms with E-state index in [1.54, 1.807) is 18.3 Å².